The topological polar surface area (TPSA) is 63.3 Å². The van der Waals surface area contributed by atoms with Crippen LogP contribution < -0.4 is 5.73 Å². The fourth-order valence-electron chi connectivity index (χ4n) is 1.21. The summed E-state index contributed by atoms with van der Waals surface area (Å²) in [6.07, 6.45) is 1.40. The molecule has 1 aromatic rings. The molecule has 0 saturated heterocycles. The summed E-state index contributed by atoms with van der Waals surface area (Å²) in [7, 11) is 0. The summed E-state index contributed by atoms with van der Waals surface area (Å²) in [6, 6.07) is 0.808. The number of hydrogen-bond donors (Lipinski definition) is 2. The van der Waals surface area contributed by atoms with Crippen molar-refractivity contribution in [2.75, 3.05) is 6.26 Å². The summed E-state index contributed by atoms with van der Waals surface area (Å²) in [5.74, 6) is -2.45. The molecule has 0 aliphatic rings. The van der Waals surface area contributed by atoms with Gasteiger partial charge in [0.2, 0.25) is 0 Å². The molecule has 0 radical (unpaired) electrons. The molecule has 6 heteroatoms. The van der Waals surface area contributed by atoms with Crippen molar-refractivity contribution in [2.45, 2.75) is 17.4 Å². The number of rotatable bonds is 4. The van der Waals surface area contributed by atoms with E-state index in [2.05, 4.69) is 0 Å². The van der Waals surface area contributed by atoms with Gasteiger partial charge in [0.25, 0.3) is 0 Å². The fraction of sp³-hybridized carbons (Fsp3) is 0.300. The zero-order valence-electron chi connectivity index (χ0n) is 8.54. The van der Waals surface area contributed by atoms with Gasteiger partial charge in [-0.15, -0.1) is 11.8 Å². The van der Waals surface area contributed by atoms with E-state index in [1.165, 1.54) is 0 Å². The van der Waals surface area contributed by atoms with Gasteiger partial charge in [0, 0.05) is 11.3 Å². The second kappa shape index (κ2) is 5.27. The normalized spacial score (nSPS) is 12.5. The second-order valence-electron chi connectivity index (χ2n) is 3.23. The van der Waals surface area contributed by atoms with Crippen molar-refractivity contribution >= 4 is 17.7 Å². The molecule has 1 rings (SSSR count). The Morgan fingerprint density at radius 3 is 2.62 bits per heavy atom. The summed E-state index contributed by atoms with van der Waals surface area (Å²) in [5, 5.41) is 8.56. The molecular weight excluding hydrogens is 236 g/mol. The first-order chi connectivity index (χ1) is 7.45. The standard InChI is InChI=1S/C10H11F2NO2S/c1-16-9-4-6(11)5(2-7(9)12)3-8(13)10(14)15/h2,4,8H,3,13H2,1H3,(H,14,15). The molecule has 0 fully saturated rings. The maximum atomic E-state index is 13.4. The highest BCUT2D eigenvalue weighted by atomic mass is 32.2. The lowest BCUT2D eigenvalue weighted by Crippen LogP contribution is -2.32. The van der Waals surface area contributed by atoms with Crippen LogP contribution in [0.15, 0.2) is 17.0 Å². The Labute approximate surface area is 95.6 Å². The molecule has 0 heterocycles. The SMILES string of the molecule is CSc1cc(F)c(CC(N)C(=O)O)cc1F. The maximum absolute atomic E-state index is 13.4. The van der Waals surface area contributed by atoms with E-state index < -0.39 is 23.6 Å². The summed E-state index contributed by atoms with van der Waals surface area (Å²) in [4.78, 5) is 10.7. The van der Waals surface area contributed by atoms with Crippen molar-refractivity contribution in [3.63, 3.8) is 0 Å². The van der Waals surface area contributed by atoms with Gasteiger partial charge in [-0.05, 0) is 24.0 Å². The molecule has 3 nitrogen and oxygen atoms in total. The van der Waals surface area contributed by atoms with E-state index in [1.807, 2.05) is 0 Å². The van der Waals surface area contributed by atoms with Crippen LogP contribution in [0.4, 0.5) is 8.78 Å². The van der Waals surface area contributed by atoms with E-state index in [-0.39, 0.29) is 16.9 Å². The molecule has 16 heavy (non-hydrogen) atoms. The van der Waals surface area contributed by atoms with Gasteiger partial charge in [0.15, 0.2) is 0 Å². The van der Waals surface area contributed by atoms with E-state index in [0.29, 0.717) is 0 Å². The molecule has 0 aliphatic carbocycles. The molecule has 0 aromatic heterocycles. The Morgan fingerprint density at radius 1 is 1.50 bits per heavy atom. The highest BCUT2D eigenvalue weighted by Crippen LogP contribution is 2.23. The van der Waals surface area contributed by atoms with Gasteiger partial charge in [-0.1, -0.05) is 0 Å². The van der Waals surface area contributed by atoms with Gasteiger partial charge in [0.05, 0.1) is 0 Å². The van der Waals surface area contributed by atoms with Crippen molar-refractivity contribution in [1.82, 2.24) is 0 Å². The summed E-state index contributed by atoms with van der Waals surface area (Å²) in [6.45, 7) is 0. The van der Waals surface area contributed by atoms with Crippen molar-refractivity contribution in [3.05, 3.63) is 29.3 Å². The lowest BCUT2D eigenvalue weighted by atomic mass is 10.1. The van der Waals surface area contributed by atoms with Crippen LogP contribution in [0.25, 0.3) is 0 Å². The Morgan fingerprint density at radius 2 is 2.12 bits per heavy atom. The zero-order chi connectivity index (χ0) is 12.3. The van der Waals surface area contributed by atoms with Gasteiger partial charge in [-0.2, -0.15) is 0 Å². The minimum atomic E-state index is -1.24. The van der Waals surface area contributed by atoms with Crippen LogP contribution >= 0.6 is 11.8 Å². The predicted octanol–water partition coefficient (Wildman–Crippen LogP) is 1.64. The van der Waals surface area contributed by atoms with Crippen LogP contribution in [0.3, 0.4) is 0 Å². The van der Waals surface area contributed by atoms with E-state index in [4.69, 9.17) is 10.8 Å². The largest absolute Gasteiger partial charge is 0.480 e. The number of carboxylic acid groups (broad SMARTS) is 1. The lowest BCUT2D eigenvalue weighted by molar-refractivity contribution is -0.138. The number of carbonyl (C=O) groups is 1. The van der Waals surface area contributed by atoms with Crippen molar-refractivity contribution in [2.24, 2.45) is 5.73 Å². The molecule has 0 spiro atoms. The third-order valence-electron chi connectivity index (χ3n) is 2.08. The van der Waals surface area contributed by atoms with Crippen LogP contribution in [0, 0.1) is 11.6 Å². The van der Waals surface area contributed by atoms with Crippen molar-refractivity contribution < 1.29 is 18.7 Å². The van der Waals surface area contributed by atoms with Crippen molar-refractivity contribution in [3.8, 4) is 0 Å². The lowest BCUT2D eigenvalue weighted by Gasteiger charge is -2.09. The zero-order valence-corrected chi connectivity index (χ0v) is 9.35. The number of hydrogen-bond acceptors (Lipinski definition) is 3. The van der Waals surface area contributed by atoms with Crippen LogP contribution in [0.1, 0.15) is 5.56 Å². The molecule has 1 atom stereocenters. The average molecular weight is 247 g/mol. The first-order valence-corrected chi connectivity index (χ1v) is 5.68. The minimum Gasteiger partial charge on any atom is -0.480 e. The number of carboxylic acids is 1. The highest BCUT2D eigenvalue weighted by molar-refractivity contribution is 7.98. The third-order valence-corrected chi connectivity index (χ3v) is 2.83. The summed E-state index contributed by atoms with van der Waals surface area (Å²) < 4.78 is 26.7. The van der Waals surface area contributed by atoms with Gasteiger partial charge >= 0.3 is 5.97 Å². The van der Waals surface area contributed by atoms with E-state index >= 15 is 0 Å². The Balaban J connectivity index is 2.98. The van der Waals surface area contributed by atoms with Crippen LogP contribution in [-0.2, 0) is 11.2 Å². The first-order valence-electron chi connectivity index (χ1n) is 4.46. The molecule has 1 aromatic carbocycles. The van der Waals surface area contributed by atoms with Gasteiger partial charge in [-0.3, -0.25) is 4.79 Å². The average Bonchev–Trinajstić information content (AvgIpc) is 2.22. The number of nitrogens with two attached hydrogens (primary N) is 1. The first kappa shape index (κ1) is 12.9. The maximum Gasteiger partial charge on any atom is 0.320 e. The molecule has 0 amide bonds. The summed E-state index contributed by atoms with van der Waals surface area (Å²) >= 11 is 1.08. The number of benzene rings is 1. The predicted molar refractivity (Wildman–Crippen MR) is 57.5 cm³/mol. The van der Waals surface area contributed by atoms with Gasteiger partial charge in [0.1, 0.15) is 17.7 Å². The molecule has 0 saturated carbocycles. The van der Waals surface area contributed by atoms with E-state index in [0.717, 1.165) is 23.9 Å². The second-order valence-corrected chi connectivity index (χ2v) is 4.08. The molecule has 88 valence electrons. The molecule has 0 bridgehead atoms. The Bertz CT molecular complexity index is 412. The molecule has 1 unspecified atom stereocenters. The Kier molecular flexibility index (Phi) is 4.26. The quantitative estimate of drug-likeness (QED) is 0.794. The van der Waals surface area contributed by atoms with Crippen molar-refractivity contribution in [1.29, 1.82) is 0 Å². The monoisotopic (exact) mass is 247 g/mol. The van der Waals surface area contributed by atoms with Gasteiger partial charge < -0.3 is 10.8 Å². The highest BCUT2D eigenvalue weighted by Gasteiger charge is 2.16. The molecule has 0 aliphatic heterocycles. The fourth-order valence-corrected chi connectivity index (χ4v) is 1.68. The smallest absolute Gasteiger partial charge is 0.320 e. The third kappa shape index (κ3) is 2.93. The van der Waals surface area contributed by atoms with E-state index in [9.17, 15) is 13.6 Å². The van der Waals surface area contributed by atoms with Crippen LogP contribution in [0.2, 0.25) is 0 Å². The number of aliphatic carboxylic acids is 1. The van der Waals surface area contributed by atoms with Crippen LogP contribution in [0.5, 0.6) is 0 Å². The minimum absolute atomic E-state index is 0.0230. The Hall–Kier alpha value is -1.14. The van der Waals surface area contributed by atoms with Crippen LogP contribution in [-0.4, -0.2) is 23.4 Å². The van der Waals surface area contributed by atoms with Gasteiger partial charge in [-0.25, -0.2) is 8.78 Å². The summed E-state index contributed by atoms with van der Waals surface area (Å²) in [5.41, 5.74) is 5.22. The number of halogens is 2. The molecule has 3 N–H and O–H groups in total. The number of thioether (sulfide) groups is 1. The molecular formula is C10H11F2NO2S. The van der Waals surface area contributed by atoms with E-state index in [1.54, 1.807) is 6.26 Å².